The molecule has 1 aromatic rings. The van der Waals surface area contributed by atoms with E-state index >= 15 is 0 Å². The summed E-state index contributed by atoms with van der Waals surface area (Å²) in [5.74, 6) is 0. The molecular formula is C6H8ClNOS. The molecule has 0 unspecified atom stereocenters. The Bertz CT molecular complexity index is 211. The van der Waals surface area contributed by atoms with Gasteiger partial charge in [0.15, 0.2) is 0 Å². The number of rotatable bonds is 2. The average molecular weight is 178 g/mol. The van der Waals surface area contributed by atoms with Crippen molar-refractivity contribution in [3.8, 4) is 0 Å². The van der Waals surface area contributed by atoms with Crippen molar-refractivity contribution in [1.29, 1.82) is 0 Å². The van der Waals surface area contributed by atoms with Crippen molar-refractivity contribution >= 4 is 22.9 Å². The average Bonchev–Trinajstić information content (AvgIpc) is 2.15. The molecule has 0 bridgehead atoms. The number of hydrogen-bond donors (Lipinski definition) is 1. The van der Waals surface area contributed by atoms with E-state index in [-0.39, 0.29) is 0 Å². The number of hydrogen-bond acceptors (Lipinski definition) is 3. The van der Waals surface area contributed by atoms with Gasteiger partial charge in [-0.2, -0.15) is 5.06 Å². The predicted molar refractivity (Wildman–Crippen MR) is 42.6 cm³/mol. The lowest BCUT2D eigenvalue weighted by molar-refractivity contribution is -0.0723. The minimum Gasteiger partial charge on any atom is -0.314 e. The number of nitrogens with zero attached hydrogens (tertiary/aromatic N) is 1. The lowest BCUT2D eigenvalue weighted by Crippen LogP contribution is -2.10. The fourth-order valence-electron chi connectivity index (χ4n) is 0.646. The first-order valence-corrected chi connectivity index (χ1v) is 4.08. The van der Waals surface area contributed by atoms with Gasteiger partial charge in [-0.15, -0.1) is 11.3 Å². The molecule has 0 atom stereocenters. The fourth-order valence-corrected chi connectivity index (χ4v) is 1.79. The third-order valence-electron chi connectivity index (χ3n) is 1.06. The van der Waals surface area contributed by atoms with Crippen LogP contribution >= 0.6 is 22.9 Å². The summed E-state index contributed by atoms with van der Waals surface area (Å²) in [5.41, 5.74) is 0. The molecule has 4 heteroatoms. The standard InChI is InChI=1S/C6H8ClNOS/c1-8(9)4-6-5(7)2-3-10-6/h2-3,9H,4H2,1H3. The van der Waals surface area contributed by atoms with Gasteiger partial charge in [-0.05, 0) is 11.4 Å². The summed E-state index contributed by atoms with van der Waals surface area (Å²) in [5, 5.41) is 12.6. The minimum absolute atomic E-state index is 0.497. The van der Waals surface area contributed by atoms with Crippen molar-refractivity contribution in [2.75, 3.05) is 7.05 Å². The second-order valence-electron chi connectivity index (χ2n) is 2.01. The van der Waals surface area contributed by atoms with Gasteiger partial charge in [0.25, 0.3) is 0 Å². The Morgan fingerprint density at radius 1 is 1.80 bits per heavy atom. The highest BCUT2D eigenvalue weighted by atomic mass is 35.5. The molecule has 0 aliphatic rings. The van der Waals surface area contributed by atoms with E-state index in [9.17, 15) is 0 Å². The van der Waals surface area contributed by atoms with Crippen LogP contribution in [0.5, 0.6) is 0 Å². The van der Waals surface area contributed by atoms with Crippen LogP contribution in [0.4, 0.5) is 0 Å². The summed E-state index contributed by atoms with van der Waals surface area (Å²) in [4.78, 5) is 0.992. The predicted octanol–water partition coefficient (Wildman–Crippen LogP) is 2.22. The quantitative estimate of drug-likeness (QED) is 0.701. The topological polar surface area (TPSA) is 23.5 Å². The molecule has 0 fully saturated rings. The lowest BCUT2D eigenvalue weighted by Gasteiger charge is -2.04. The molecular weight excluding hydrogens is 170 g/mol. The van der Waals surface area contributed by atoms with Gasteiger partial charge >= 0.3 is 0 Å². The Kier molecular flexibility index (Phi) is 2.68. The first-order valence-electron chi connectivity index (χ1n) is 2.82. The van der Waals surface area contributed by atoms with E-state index in [1.54, 1.807) is 18.4 Å². The third kappa shape index (κ3) is 1.95. The molecule has 56 valence electrons. The molecule has 0 aliphatic heterocycles. The maximum Gasteiger partial charge on any atom is 0.0594 e. The molecule has 0 saturated carbocycles. The largest absolute Gasteiger partial charge is 0.314 e. The van der Waals surface area contributed by atoms with Crippen LogP contribution < -0.4 is 0 Å². The van der Waals surface area contributed by atoms with Gasteiger partial charge < -0.3 is 5.21 Å². The minimum atomic E-state index is 0.497. The van der Waals surface area contributed by atoms with Crippen LogP contribution in [0, 0.1) is 0 Å². The fraction of sp³-hybridized carbons (Fsp3) is 0.333. The number of halogens is 1. The van der Waals surface area contributed by atoms with Crippen LogP contribution in [0.25, 0.3) is 0 Å². The van der Waals surface area contributed by atoms with Gasteiger partial charge in [-0.3, -0.25) is 0 Å². The van der Waals surface area contributed by atoms with Gasteiger partial charge in [-0.25, -0.2) is 0 Å². The van der Waals surface area contributed by atoms with Gasteiger partial charge in [-0.1, -0.05) is 11.6 Å². The summed E-state index contributed by atoms with van der Waals surface area (Å²) in [6.45, 7) is 0.497. The smallest absolute Gasteiger partial charge is 0.0594 e. The van der Waals surface area contributed by atoms with Crippen LogP contribution in [-0.2, 0) is 6.54 Å². The summed E-state index contributed by atoms with van der Waals surface area (Å²) in [7, 11) is 1.59. The van der Waals surface area contributed by atoms with E-state index in [0.29, 0.717) is 6.54 Å². The van der Waals surface area contributed by atoms with E-state index in [0.717, 1.165) is 15.0 Å². The summed E-state index contributed by atoms with van der Waals surface area (Å²) in [6, 6.07) is 1.82. The molecule has 1 N–H and O–H groups in total. The van der Waals surface area contributed by atoms with Crippen molar-refractivity contribution in [2.24, 2.45) is 0 Å². The van der Waals surface area contributed by atoms with Crippen LogP contribution in [0.3, 0.4) is 0 Å². The van der Waals surface area contributed by atoms with Gasteiger partial charge in [0.2, 0.25) is 0 Å². The van der Waals surface area contributed by atoms with Gasteiger partial charge in [0.05, 0.1) is 11.6 Å². The first kappa shape index (κ1) is 8.01. The number of thiophene rings is 1. The maximum atomic E-state index is 8.83. The zero-order valence-corrected chi connectivity index (χ0v) is 7.11. The molecule has 0 radical (unpaired) electrons. The molecule has 0 aliphatic carbocycles. The molecule has 1 aromatic heterocycles. The highest BCUT2D eigenvalue weighted by molar-refractivity contribution is 7.10. The third-order valence-corrected chi connectivity index (χ3v) is 2.44. The molecule has 0 aromatic carbocycles. The van der Waals surface area contributed by atoms with Crippen molar-refractivity contribution in [2.45, 2.75) is 6.54 Å². The lowest BCUT2D eigenvalue weighted by atomic mass is 10.4. The van der Waals surface area contributed by atoms with E-state index < -0.39 is 0 Å². The SMILES string of the molecule is CN(O)Cc1sccc1Cl. The van der Waals surface area contributed by atoms with Crippen LogP contribution in [0.15, 0.2) is 11.4 Å². The maximum absolute atomic E-state index is 8.83. The molecule has 0 saturated heterocycles. The molecule has 2 nitrogen and oxygen atoms in total. The highest BCUT2D eigenvalue weighted by Gasteiger charge is 2.02. The Hall–Kier alpha value is -0.0900. The van der Waals surface area contributed by atoms with Gasteiger partial charge in [0.1, 0.15) is 0 Å². The molecule has 1 rings (SSSR count). The summed E-state index contributed by atoms with van der Waals surface area (Å²) < 4.78 is 0. The monoisotopic (exact) mass is 177 g/mol. The van der Waals surface area contributed by atoms with Crippen molar-refractivity contribution in [1.82, 2.24) is 5.06 Å². The normalized spacial score (nSPS) is 10.8. The Morgan fingerprint density at radius 3 is 2.90 bits per heavy atom. The molecule has 0 spiro atoms. The second-order valence-corrected chi connectivity index (χ2v) is 3.42. The zero-order valence-electron chi connectivity index (χ0n) is 5.54. The van der Waals surface area contributed by atoms with E-state index in [1.165, 1.54) is 0 Å². The second kappa shape index (κ2) is 3.34. The van der Waals surface area contributed by atoms with E-state index in [2.05, 4.69) is 0 Å². The highest BCUT2D eigenvalue weighted by Crippen LogP contribution is 2.22. The van der Waals surface area contributed by atoms with Crippen LogP contribution in [-0.4, -0.2) is 17.3 Å². The Morgan fingerprint density at radius 2 is 2.50 bits per heavy atom. The van der Waals surface area contributed by atoms with Crippen molar-refractivity contribution in [3.05, 3.63) is 21.3 Å². The Labute approximate surface area is 68.6 Å². The van der Waals surface area contributed by atoms with Crippen molar-refractivity contribution < 1.29 is 5.21 Å². The molecule has 1 heterocycles. The van der Waals surface area contributed by atoms with E-state index in [1.807, 2.05) is 11.4 Å². The number of hydroxylamine groups is 2. The van der Waals surface area contributed by atoms with E-state index in [4.69, 9.17) is 16.8 Å². The first-order chi connectivity index (χ1) is 4.70. The summed E-state index contributed by atoms with van der Waals surface area (Å²) >= 11 is 7.30. The van der Waals surface area contributed by atoms with Crippen molar-refractivity contribution in [3.63, 3.8) is 0 Å². The zero-order chi connectivity index (χ0) is 7.56. The van der Waals surface area contributed by atoms with Gasteiger partial charge in [0, 0.05) is 11.9 Å². The molecule has 0 amide bonds. The Balaban J connectivity index is 2.65. The van der Waals surface area contributed by atoms with Crippen LogP contribution in [0.1, 0.15) is 4.88 Å². The summed E-state index contributed by atoms with van der Waals surface area (Å²) in [6.07, 6.45) is 0. The molecule has 10 heavy (non-hydrogen) atoms. The van der Waals surface area contributed by atoms with Crippen LogP contribution in [0.2, 0.25) is 5.02 Å².